The van der Waals surface area contributed by atoms with Gasteiger partial charge in [-0.3, -0.25) is 0 Å². The molecule has 0 amide bonds. The molecule has 0 aliphatic heterocycles. The fourth-order valence-electron chi connectivity index (χ4n) is 9.04. The molecule has 1 nitrogen and oxygen atoms in total. The maximum absolute atomic E-state index is 15.4. The molecule has 0 heterocycles. The summed E-state index contributed by atoms with van der Waals surface area (Å²) in [5, 5.41) is 0. The van der Waals surface area contributed by atoms with E-state index in [1.807, 2.05) is 0 Å². The van der Waals surface area contributed by atoms with Crippen LogP contribution in [0.2, 0.25) is 0 Å². The zero-order chi connectivity index (χ0) is 53.0. The van der Waals surface area contributed by atoms with Crippen molar-refractivity contribution < 1.29 is 92.3 Å². The summed E-state index contributed by atoms with van der Waals surface area (Å²) < 4.78 is 295. The summed E-state index contributed by atoms with van der Waals surface area (Å²) in [6, 6.07) is 0. The molecule has 0 atom stereocenters. The highest BCUT2D eigenvalue weighted by Crippen LogP contribution is 2.31. The Hall–Kier alpha value is -4.50. The number of hydrogen-bond donors (Lipinski definition) is 0. The lowest BCUT2D eigenvalue weighted by Gasteiger charge is -2.44. The van der Waals surface area contributed by atoms with Crippen molar-refractivity contribution in [3.8, 4) is 0 Å². The van der Waals surface area contributed by atoms with E-state index in [1.165, 1.54) is 133 Å². The Morgan fingerprint density at radius 2 is 0.357 bits per heavy atom. The van der Waals surface area contributed by atoms with Gasteiger partial charge >= 0.3 is 0 Å². The Morgan fingerprint density at radius 1 is 0.214 bits per heavy atom. The second-order valence-corrected chi connectivity index (χ2v) is 17.3. The monoisotopic (exact) mass is 1030 g/mol. The zero-order valence-electron chi connectivity index (χ0n) is 38.7. The summed E-state index contributed by atoms with van der Waals surface area (Å²) in [6.07, 6.45) is 15.6. The van der Waals surface area contributed by atoms with Crippen LogP contribution in [0.3, 0.4) is 0 Å². The minimum absolute atomic E-state index is 1.36. The minimum atomic E-state index is -7.22. The molecule has 4 aromatic carbocycles. The van der Waals surface area contributed by atoms with E-state index < -0.39 is 144 Å². The number of nitrogens with zero attached hydrogens (tertiary/aromatic N) is 1. The van der Waals surface area contributed by atoms with Crippen LogP contribution in [0.4, 0.5) is 87.8 Å². The molecule has 0 spiro atoms. The van der Waals surface area contributed by atoms with Gasteiger partial charge in [0, 0.05) is 0 Å². The fourth-order valence-corrected chi connectivity index (χ4v) is 9.04. The predicted molar refractivity (Wildman–Crippen MR) is 226 cm³/mol. The third kappa shape index (κ3) is 12.0. The van der Waals surface area contributed by atoms with Crippen molar-refractivity contribution in [1.82, 2.24) is 0 Å². The zero-order valence-corrected chi connectivity index (χ0v) is 38.7. The third-order valence-electron chi connectivity index (χ3n) is 12.7. The average Bonchev–Trinajstić information content (AvgIpc) is 3.34. The molecule has 0 radical (unpaired) electrons. The van der Waals surface area contributed by atoms with Gasteiger partial charge in [0.15, 0.2) is 69.8 Å². The number of unbranched alkanes of at least 4 members (excludes halogenated alkanes) is 12. The first-order valence-corrected chi connectivity index (χ1v) is 23.0. The van der Waals surface area contributed by atoms with Crippen LogP contribution in [0.25, 0.3) is 0 Å². The van der Waals surface area contributed by atoms with E-state index in [9.17, 15) is 52.7 Å². The minimum Gasteiger partial charge on any atom is -0.324 e. The van der Waals surface area contributed by atoms with Gasteiger partial charge in [0.1, 0.15) is 52.7 Å². The average molecular weight is 1030 g/mol. The number of rotatable bonds is 24. The van der Waals surface area contributed by atoms with Crippen LogP contribution in [-0.4, -0.2) is 36.8 Å². The number of benzene rings is 4. The standard InChI is InChI=1S/C24BF20.C24H52N/c26-5-1(6(27)14(35)21(42)13(5)34)25(2-7(28)15(36)22(43)16(37)8(2)29,3-9(30)17(38)23(44)18(39)10(3)31)4-11(32)19(40)24(45)20(41)12(4)33;1-5-9-13-17-21-25(22-18-14-10-6-2,23-19-15-11-7-3)24-20-16-12-8-4/h;5-24H2,1-4H3/q-1;+1. The van der Waals surface area contributed by atoms with Crippen molar-refractivity contribution in [2.45, 2.75) is 130 Å². The third-order valence-corrected chi connectivity index (χ3v) is 12.7. The van der Waals surface area contributed by atoms with Gasteiger partial charge in [0.05, 0.1) is 26.2 Å². The second-order valence-electron chi connectivity index (χ2n) is 17.3. The van der Waals surface area contributed by atoms with E-state index >= 15 is 35.1 Å². The Kier molecular flexibility index (Phi) is 22.4. The Morgan fingerprint density at radius 3 is 0.500 bits per heavy atom. The molecule has 70 heavy (non-hydrogen) atoms. The highest BCUT2D eigenvalue weighted by atomic mass is 19.2. The summed E-state index contributed by atoms with van der Waals surface area (Å²) in [5.41, 5.74) is -14.3. The van der Waals surface area contributed by atoms with Crippen molar-refractivity contribution in [3.63, 3.8) is 0 Å². The van der Waals surface area contributed by atoms with Gasteiger partial charge in [0.2, 0.25) is 0 Å². The summed E-state index contributed by atoms with van der Waals surface area (Å²) in [4.78, 5) is 0. The molecule has 0 unspecified atom stereocenters. The normalized spacial score (nSPS) is 12.0. The van der Waals surface area contributed by atoms with Crippen molar-refractivity contribution in [2.75, 3.05) is 26.2 Å². The van der Waals surface area contributed by atoms with Crippen LogP contribution in [0.15, 0.2) is 0 Å². The number of quaternary nitrogens is 1. The van der Waals surface area contributed by atoms with Crippen LogP contribution in [0.5, 0.6) is 0 Å². The summed E-state index contributed by atoms with van der Waals surface area (Å²) in [6.45, 7) is 15.2. The quantitative estimate of drug-likeness (QED) is 0.0164. The first kappa shape index (κ1) is 59.8. The van der Waals surface area contributed by atoms with Gasteiger partial charge in [-0.25, -0.2) is 87.8 Å². The van der Waals surface area contributed by atoms with E-state index in [0.29, 0.717) is 0 Å². The van der Waals surface area contributed by atoms with Crippen molar-refractivity contribution >= 4 is 28.0 Å². The van der Waals surface area contributed by atoms with Gasteiger partial charge in [-0.05, 0) is 51.4 Å². The van der Waals surface area contributed by atoms with E-state index in [0.717, 1.165) is 0 Å². The molecular formula is C48H52BF20N. The fraction of sp³-hybridized carbons (Fsp3) is 0.500. The van der Waals surface area contributed by atoms with Gasteiger partial charge in [-0.2, -0.15) is 0 Å². The molecule has 22 heteroatoms. The Balaban J connectivity index is 0.000000442. The molecule has 4 rings (SSSR count). The Bertz CT molecular complexity index is 1990. The van der Waals surface area contributed by atoms with Crippen molar-refractivity contribution in [1.29, 1.82) is 0 Å². The lowest BCUT2D eigenvalue weighted by Crippen LogP contribution is -2.81. The molecule has 0 aliphatic carbocycles. The summed E-state index contributed by atoms with van der Waals surface area (Å²) in [5.74, 6) is -71.4. The molecule has 0 aromatic heterocycles. The first-order valence-electron chi connectivity index (χ1n) is 23.0. The largest absolute Gasteiger partial charge is 0.324 e. The molecule has 0 fully saturated rings. The van der Waals surface area contributed by atoms with Crippen molar-refractivity contribution in [2.24, 2.45) is 0 Å². The molecule has 0 saturated carbocycles. The van der Waals surface area contributed by atoms with Crippen LogP contribution in [0.1, 0.15) is 130 Å². The predicted octanol–water partition coefficient (Wildman–Crippen LogP) is 14.0. The first-order chi connectivity index (χ1) is 32.9. The maximum atomic E-state index is 15.4. The van der Waals surface area contributed by atoms with Crippen molar-refractivity contribution in [3.05, 3.63) is 116 Å². The Labute approximate surface area is 392 Å². The van der Waals surface area contributed by atoms with Gasteiger partial charge in [0.25, 0.3) is 0 Å². The van der Waals surface area contributed by atoms with Gasteiger partial charge < -0.3 is 4.48 Å². The van der Waals surface area contributed by atoms with E-state index in [-0.39, 0.29) is 0 Å². The number of halogens is 20. The lowest BCUT2D eigenvalue weighted by molar-refractivity contribution is -0.929. The summed E-state index contributed by atoms with van der Waals surface area (Å²) in [7, 11) is 0. The van der Waals surface area contributed by atoms with Gasteiger partial charge in [-0.1, -0.05) is 79.1 Å². The van der Waals surface area contributed by atoms with Crippen LogP contribution >= 0.6 is 0 Å². The molecule has 0 N–H and O–H groups in total. The molecule has 0 bridgehead atoms. The van der Waals surface area contributed by atoms with Gasteiger partial charge in [-0.15, -0.1) is 21.9 Å². The van der Waals surface area contributed by atoms with Crippen LogP contribution in [-0.2, 0) is 0 Å². The molecule has 392 valence electrons. The highest BCUT2D eigenvalue weighted by Gasteiger charge is 2.52. The lowest BCUT2D eigenvalue weighted by atomic mass is 9.12. The van der Waals surface area contributed by atoms with E-state index in [4.69, 9.17) is 0 Å². The maximum Gasteiger partial charge on any atom is 0.200 e. The smallest absolute Gasteiger partial charge is 0.200 e. The molecular weight excluding hydrogens is 981 g/mol. The van der Waals surface area contributed by atoms with E-state index in [2.05, 4.69) is 27.7 Å². The topological polar surface area (TPSA) is 0 Å². The highest BCUT2D eigenvalue weighted by molar-refractivity contribution is 7.20. The molecule has 4 aromatic rings. The SMILES string of the molecule is CCCCCC[N+](CCCCCC)(CCCCCC)CCCCCC.Fc1c(F)c(F)c([B-](c2c(F)c(F)c(F)c(F)c2F)(c2c(F)c(F)c(F)c(F)c2F)c2c(F)c(F)c(F)c(F)c2F)c(F)c1F. The van der Waals surface area contributed by atoms with Crippen LogP contribution < -0.4 is 21.9 Å². The van der Waals surface area contributed by atoms with E-state index in [1.54, 1.807) is 0 Å². The molecule has 0 aliphatic rings. The second kappa shape index (κ2) is 26.3. The molecule has 0 saturated heterocycles. The van der Waals surface area contributed by atoms with Crippen LogP contribution in [0, 0.1) is 116 Å². The number of hydrogen-bond acceptors (Lipinski definition) is 0. The summed E-state index contributed by atoms with van der Waals surface area (Å²) >= 11 is 0.